The number of rotatable bonds is 8. The summed E-state index contributed by atoms with van der Waals surface area (Å²) in [5.74, 6) is -2.33. The summed E-state index contributed by atoms with van der Waals surface area (Å²) in [6, 6.07) is 1.99. The predicted octanol–water partition coefficient (Wildman–Crippen LogP) is 4.02. The molecule has 5 N–H and O–H groups in total. The highest BCUT2D eigenvalue weighted by Crippen LogP contribution is 2.29. The summed E-state index contributed by atoms with van der Waals surface area (Å²) in [6.45, 7) is 7.59. The summed E-state index contributed by atoms with van der Waals surface area (Å²) in [6.07, 6.45) is 5.31. The Labute approximate surface area is 315 Å². The second kappa shape index (κ2) is 18.5. The summed E-state index contributed by atoms with van der Waals surface area (Å²) in [7, 11) is 2.92. The molecule has 0 spiro atoms. The Morgan fingerprint density at radius 1 is 1.21 bits per heavy atom. The SMILES string of the molecule is CO[C@H]1/C=C\C=C(/C)C(=O)NC2=CC(=O)C(NCc3cn(Cc4ccsc4Br)nn3)=C(C[C@@H](C)C[C@H](OC)[C@H](O)[C@@H](C)/C=C(\C)[C@@H]1OC(N)=O)C2=O. The molecule has 0 saturated carbocycles. The Kier molecular flexibility index (Phi) is 14.4. The molecular formula is C36H45BrN6O8S. The largest absolute Gasteiger partial charge is 0.439 e. The predicted molar refractivity (Wildman–Crippen MR) is 198 cm³/mol. The van der Waals surface area contributed by atoms with Crippen molar-refractivity contribution >= 4 is 50.8 Å². The molecule has 2 bridgehead atoms. The second-order valence-electron chi connectivity index (χ2n) is 12.9. The number of nitrogens with zero attached hydrogens (tertiary/aromatic N) is 3. The van der Waals surface area contributed by atoms with E-state index in [-0.39, 0.29) is 41.4 Å². The normalized spacial score (nSPS) is 27.9. The molecular weight excluding hydrogens is 756 g/mol. The summed E-state index contributed by atoms with van der Waals surface area (Å²) < 4.78 is 19.4. The fourth-order valence-corrected chi connectivity index (χ4v) is 7.28. The van der Waals surface area contributed by atoms with Gasteiger partial charge in [-0.25, -0.2) is 9.48 Å². The molecule has 0 unspecified atom stereocenters. The molecule has 0 aromatic carbocycles. The van der Waals surface area contributed by atoms with Crippen LogP contribution < -0.4 is 16.4 Å². The summed E-state index contributed by atoms with van der Waals surface area (Å²) in [5, 5.41) is 27.5. The summed E-state index contributed by atoms with van der Waals surface area (Å²) in [5.41, 5.74) is 7.91. The van der Waals surface area contributed by atoms with Crippen molar-refractivity contribution in [3.8, 4) is 0 Å². The van der Waals surface area contributed by atoms with Crippen LogP contribution in [0.25, 0.3) is 0 Å². The van der Waals surface area contributed by atoms with Gasteiger partial charge >= 0.3 is 6.09 Å². The van der Waals surface area contributed by atoms with Crippen molar-refractivity contribution in [2.45, 2.75) is 78.0 Å². The molecule has 1 aliphatic carbocycles. The highest BCUT2D eigenvalue weighted by Gasteiger charge is 2.33. The number of carbonyl (C=O) groups excluding carboxylic acids is 4. The van der Waals surface area contributed by atoms with E-state index in [4.69, 9.17) is 19.9 Å². The number of thiophene rings is 1. The Balaban J connectivity index is 1.67. The highest BCUT2D eigenvalue weighted by molar-refractivity contribution is 9.11. The maximum absolute atomic E-state index is 14.0. The first-order valence-corrected chi connectivity index (χ1v) is 18.3. The molecule has 3 heterocycles. The first-order chi connectivity index (χ1) is 24.7. The molecule has 16 heteroatoms. The maximum Gasteiger partial charge on any atom is 0.405 e. The fraction of sp³-hybridized carbons (Fsp3) is 0.444. The number of hydrogen-bond acceptors (Lipinski definition) is 12. The van der Waals surface area contributed by atoms with Crippen LogP contribution >= 0.6 is 27.3 Å². The van der Waals surface area contributed by atoms with Gasteiger partial charge in [0.05, 0.1) is 46.7 Å². The average Bonchev–Trinajstić information content (AvgIpc) is 3.73. The first-order valence-electron chi connectivity index (χ1n) is 16.6. The van der Waals surface area contributed by atoms with Gasteiger partial charge in [0.1, 0.15) is 11.8 Å². The van der Waals surface area contributed by atoms with E-state index in [1.807, 2.05) is 18.4 Å². The zero-order valence-electron chi connectivity index (χ0n) is 29.9. The summed E-state index contributed by atoms with van der Waals surface area (Å²) in [4.78, 5) is 52.7. The van der Waals surface area contributed by atoms with Crippen LogP contribution in [0.15, 0.2) is 79.9 Å². The molecule has 280 valence electrons. The van der Waals surface area contributed by atoms with Crippen LogP contribution in [0.3, 0.4) is 0 Å². The molecule has 2 amide bonds. The van der Waals surface area contributed by atoms with Gasteiger partial charge in [0, 0.05) is 37.4 Å². The molecule has 4 rings (SSSR count). The van der Waals surface area contributed by atoms with E-state index < -0.39 is 53.9 Å². The second-order valence-corrected chi connectivity index (χ2v) is 15.1. The number of ketones is 2. The number of amides is 2. The van der Waals surface area contributed by atoms with Crippen molar-refractivity contribution in [3.05, 3.63) is 91.2 Å². The summed E-state index contributed by atoms with van der Waals surface area (Å²) >= 11 is 5.10. The van der Waals surface area contributed by atoms with Crippen LogP contribution in [0, 0.1) is 11.8 Å². The average molecular weight is 802 g/mol. The lowest BCUT2D eigenvalue weighted by Crippen LogP contribution is -2.37. The third-order valence-electron chi connectivity index (χ3n) is 8.85. The molecule has 1 aliphatic heterocycles. The number of fused-ring (bicyclic) bond motifs is 2. The van der Waals surface area contributed by atoms with Crippen molar-refractivity contribution in [1.82, 2.24) is 25.6 Å². The van der Waals surface area contributed by atoms with Gasteiger partial charge in [-0.15, -0.1) is 16.4 Å². The quantitative estimate of drug-likeness (QED) is 0.222. The minimum Gasteiger partial charge on any atom is -0.439 e. The van der Waals surface area contributed by atoms with E-state index in [2.05, 4.69) is 36.9 Å². The van der Waals surface area contributed by atoms with E-state index in [1.165, 1.54) is 20.3 Å². The molecule has 0 fully saturated rings. The molecule has 0 radical (unpaired) electrons. The Hall–Kier alpha value is -4.22. The van der Waals surface area contributed by atoms with Gasteiger partial charge in [-0.05, 0) is 71.1 Å². The lowest BCUT2D eigenvalue weighted by Gasteiger charge is -2.30. The van der Waals surface area contributed by atoms with Gasteiger partial charge in [0.2, 0.25) is 11.6 Å². The minimum atomic E-state index is -1.01. The number of aliphatic hydroxyl groups excluding tert-OH is 1. The lowest BCUT2D eigenvalue weighted by atomic mass is 9.85. The highest BCUT2D eigenvalue weighted by atomic mass is 79.9. The molecule has 2 aromatic heterocycles. The van der Waals surface area contributed by atoms with E-state index in [9.17, 15) is 24.3 Å². The number of hydrogen-bond donors (Lipinski definition) is 4. The van der Waals surface area contributed by atoms with E-state index in [1.54, 1.807) is 61.2 Å². The van der Waals surface area contributed by atoms with Crippen molar-refractivity contribution in [3.63, 3.8) is 0 Å². The van der Waals surface area contributed by atoms with Crippen molar-refractivity contribution in [2.75, 3.05) is 14.2 Å². The van der Waals surface area contributed by atoms with Crippen LogP contribution in [0.2, 0.25) is 0 Å². The maximum atomic E-state index is 14.0. The van der Waals surface area contributed by atoms with E-state index in [0.29, 0.717) is 24.2 Å². The van der Waals surface area contributed by atoms with Gasteiger partial charge in [0.25, 0.3) is 5.91 Å². The number of Topliss-reactive ketones (excluding diaryl/α,β-unsaturated/α-hetero) is 1. The fourth-order valence-electron chi connectivity index (χ4n) is 6.06. The Bertz CT molecular complexity index is 1810. The molecule has 0 saturated heterocycles. The molecule has 2 aliphatic rings. The Morgan fingerprint density at radius 2 is 1.96 bits per heavy atom. The number of carbonyl (C=O) groups is 4. The molecule has 14 nitrogen and oxygen atoms in total. The third kappa shape index (κ3) is 10.4. The number of ether oxygens (including phenoxy) is 3. The van der Waals surface area contributed by atoms with Crippen LogP contribution in [-0.4, -0.2) is 82.3 Å². The van der Waals surface area contributed by atoms with Gasteiger partial charge in [-0.3, -0.25) is 14.4 Å². The third-order valence-corrected chi connectivity index (χ3v) is 10.7. The van der Waals surface area contributed by atoms with Gasteiger partial charge in [-0.1, -0.05) is 43.4 Å². The van der Waals surface area contributed by atoms with Crippen LogP contribution in [0.5, 0.6) is 0 Å². The number of nitrogens with two attached hydrogens (primary N) is 1. The number of halogens is 1. The number of nitrogens with one attached hydrogen (secondary N) is 2. The molecule has 52 heavy (non-hydrogen) atoms. The number of methoxy groups -OCH3 is 2. The van der Waals surface area contributed by atoms with Crippen LogP contribution in [0.4, 0.5) is 4.79 Å². The van der Waals surface area contributed by atoms with Gasteiger partial charge in [-0.2, -0.15) is 0 Å². The molecule has 2 aromatic rings. The van der Waals surface area contributed by atoms with Crippen LogP contribution in [0.1, 0.15) is 51.8 Å². The topological polar surface area (TPSA) is 197 Å². The van der Waals surface area contributed by atoms with Gasteiger partial charge in [0.15, 0.2) is 6.10 Å². The van der Waals surface area contributed by atoms with E-state index >= 15 is 0 Å². The number of aliphatic hydroxyl groups is 1. The molecule has 6 atom stereocenters. The smallest absolute Gasteiger partial charge is 0.405 e. The lowest BCUT2D eigenvalue weighted by molar-refractivity contribution is -0.120. The number of aromatic nitrogens is 3. The minimum absolute atomic E-state index is 0.0959. The zero-order chi connectivity index (χ0) is 38.1. The number of allylic oxidation sites excluding steroid dienone is 4. The van der Waals surface area contributed by atoms with Crippen molar-refractivity contribution in [1.29, 1.82) is 0 Å². The van der Waals surface area contributed by atoms with Crippen molar-refractivity contribution in [2.24, 2.45) is 17.6 Å². The van der Waals surface area contributed by atoms with Crippen LogP contribution in [-0.2, 0) is 41.7 Å². The van der Waals surface area contributed by atoms with Crippen molar-refractivity contribution < 1.29 is 38.5 Å². The first kappa shape index (κ1) is 40.5. The monoisotopic (exact) mass is 800 g/mol. The van der Waals surface area contributed by atoms with Gasteiger partial charge < -0.3 is 35.7 Å². The number of primary amides is 1. The zero-order valence-corrected chi connectivity index (χ0v) is 32.3. The van der Waals surface area contributed by atoms with E-state index in [0.717, 1.165) is 15.4 Å². The standard InChI is InChI=1S/C36H45BrN6O8S/c1-19-12-25-30(39-16-24-18-43(42-41-24)17-23-10-11-52-34(23)37)27(44)15-26(32(25)46)40-35(47)20(2)8-7-9-28(49-5)33(51-36(38)48)22(4)14-21(3)31(45)29(13-19)50-6/h7-11,14-15,18-19,21,28-29,31,33,39,45H,12-13,16-17H2,1-6H3,(H2,38,48)(H,40,47)/b9-7-,20-8+,22-14+/t19-,21+,28+,29+,31-,33+/m1/s1. The Morgan fingerprint density at radius 3 is 2.62 bits per heavy atom.